The van der Waals surface area contributed by atoms with Gasteiger partial charge in [0.15, 0.2) is 0 Å². The number of aliphatic hydroxyl groups is 1. The van der Waals surface area contributed by atoms with Gasteiger partial charge >= 0.3 is 0 Å². The van der Waals surface area contributed by atoms with Gasteiger partial charge in [0, 0.05) is 31.2 Å². The molecule has 5 heteroatoms. The van der Waals surface area contributed by atoms with Gasteiger partial charge in [-0.05, 0) is 31.7 Å². The number of amides is 1. The largest absolute Gasteiger partial charge is 0.493 e. The van der Waals surface area contributed by atoms with Crippen LogP contribution in [0.15, 0.2) is 24.3 Å². The maximum atomic E-state index is 12.5. The first kappa shape index (κ1) is 18.7. The summed E-state index contributed by atoms with van der Waals surface area (Å²) in [7, 11) is 0. The summed E-state index contributed by atoms with van der Waals surface area (Å²) in [6.07, 6.45) is 1.41. The molecule has 0 bridgehead atoms. The zero-order valence-electron chi connectivity index (χ0n) is 14.9. The van der Waals surface area contributed by atoms with Crippen molar-refractivity contribution in [3.8, 4) is 5.75 Å². The highest BCUT2D eigenvalue weighted by molar-refractivity contribution is 5.84. The fraction of sp³-hybridized carbons (Fsp3) is 0.632. The van der Waals surface area contributed by atoms with Crippen LogP contribution < -0.4 is 10.1 Å². The second kappa shape index (κ2) is 8.49. The molecule has 5 nitrogen and oxygen atoms in total. The van der Waals surface area contributed by atoms with Gasteiger partial charge in [0.2, 0.25) is 0 Å². The van der Waals surface area contributed by atoms with Crippen LogP contribution in [0.3, 0.4) is 0 Å². The molecular weight excluding hydrogens is 306 g/mol. The maximum Gasteiger partial charge on any atom is 0.252 e. The van der Waals surface area contributed by atoms with Crippen molar-refractivity contribution in [1.29, 1.82) is 0 Å². The Labute approximate surface area is 144 Å². The standard InChI is InChI=1S/C19H29NO4/c1-14(2)13-24-17-7-5-4-6-15(17)12-20-18(21)19(3,22)16-8-10-23-11-9-16/h4-7,14,16,22H,8-13H2,1-3H3,(H,20,21). The van der Waals surface area contributed by atoms with Crippen LogP contribution in [0.5, 0.6) is 5.75 Å². The Morgan fingerprint density at radius 2 is 2.04 bits per heavy atom. The normalized spacial score (nSPS) is 18.2. The van der Waals surface area contributed by atoms with Crippen LogP contribution in [0.2, 0.25) is 0 Å². The van der Waals surface area contributed by atoms with Crippen LogP contribution in [0.4, 0.5) is 0 Å². The molecule has 0 aliphatic carbocycles. The Bertz CT molecular complexity index is 536. The van der Waals surface area contributed by atoms with E-state index in [0.29, 0.717) is 45.1 Å². The lowest BCUT2D eigenvalue weighted by molar-refractivity contribution is -0.147. The predicted octanol–water partition coefficient (Wildman–Crippen LogP) is 2.52. The molecule has 134 valence electrons. The fourth-order valence-corrected chi connectivity index (χ4v) is 2.85. The molecule has 1 aromatic carbocycles. The third kappa shape index (κ3) is 4.95. The van der Waals surface area contributed by atoms with Gasteiger partial charge < -0.3 is 19.9 Å². The number of carbonyl (C=O) groups is 1. The number of benzene rings is 1. The molecule has 1 fully saturated rings. The number of hydrogen-bond donors (Lipinski definition) is 2. The molecule has 24 heavy (non-hydrogen) atoms. The lowest BCUT2D eigenvalue weighted by Crippen LogP contribution is -2.51. The van der Waals surface area contributed by atoms with Gasteiger partial charge in [0.05, 0.1) is 6.61 Å². The monoisotopic (exact) mass is 335 g/mol. The smallest absolute Gasteiger partial charge is 0.252 e. The summed E-state index contributed by atoms with van der Waals surface area (Å²) in [5.74, 6) is 0.797. The third-order valence-corrected chi connectivity index (χ3v) is 4.46. The zero-order valence-corrected chi connectivity index (χ0v) is 14.9. The van der Waals surface area contributed by atoms with Crippen molar-refractivity contribution in [2.75, 3.05) is 19.8 Å². The topological polar surface area (TPSA) is 67.8 Å². The molecule has 1 aliphatic rings. The van der Waals surface area contributed by atoms with E-state index in [9.17, 15) is 9.90 Å². The summed E-state index contributed by atoms with van der Waals surface area (Å²) in [5, 5.41) is 13.5. The second-order valence-electron chi connectivity index (χ2n) is 7.03. The summed E-state index contributed by atoms with van der Waals surface area (Å²) in [4.78, 5) is 12.5. The van der Waals surface area contributed by atoms with Crippen LogP contribution in [-0.2, 0) is 16.1 Å². The first-order valence-electron chi connectivity index (χ1n) is 8.70. The lowest BCUT2D eigenvalue weighted by atomic mass is 9.82. The summed E-state index contributed by atoms with van der Waals surface area (Å²) in [6, 6.07) is 7.67. The van der Waals surface area contributed by atoms with Gasteiger partial charge in [-0.15, -0.1) is 0 Å². The zero-order chi connectivity index (χ0) is 17.6. The van der Waals surface area contributed by atoms with Crippen LogP contribution in [-0.4, -0.2) is 36.4 Å². The molecule has 1 atom stereocenters. The van der Waals surface area contributed by atoms with Crippen LogP contribution in [0, 0.1) is 11.8 Å². The summed E-state index contributed by atoms with van der Waals surface area (Å²) < 4.78 is 11.1. The molecule has 1 unspecified atom stereocenters. The van der Waals surface area contributed by atoms with Crippen molar-refractivity contribution < 1.29 is 19.4 Å². The molecule has 0 aromatic heterocycles. The Morgan fingerprint density at radius 1 is 1.38 bits per heavy atom. The summed E-state index contributed by atoms with van der Waals surface area (Å²) in [5.41, 5.74) is -0.466. The SMILES string of the molecule is CC(C)COc1ccccc1CNC(=O)C(C)(O)C1CCOCC1. The average Bonchev–Trinajstić information content (AvgIpc) is 2.59. The number of nitrogens with one attached hydrogen (secondary N) is 1. The first-order chi connectivity index (χ1) is 11.4. The van der Waals surface area contributed by atoms with E-state index in [1.165, 1.54) is 0 Å². The van der Waals surface area contributed by atoms with E-state index >= 15 is 0 Å². The minimum Gasteiger partial charge on any atom is -0.493 e. The van der Waals surface area contributed by atoms with E-state index < -0.39 is 5.60 Å². The molecule has 2 N–H and O–H groups in total. The van der Waals surface area contributed by atoms with E-state index in [1.807, 2.05) is 24.3 Å². The van der Waals surface area contributed by atoms with Crippen LogP contribution in [0.25, 0.3) is 0 Å². The van der Waals surface area contributed by atoms with Crippen molar-refractivity contribution in [2.45, 2.75) is 45.8 Å². The lowest BCUT2D eigenvalue weighted by Gasteiger charge is -2.34. The van der Waals surface area contributed by atoms with E-state index in [4.69, 9.17) is 9.47 Å². The number of para-hydroxylation sites is 1. The van der Waals surface area contributed by atoms with Gasteiger partial charge in [-0.2, -0.15) is 0 Å². The summed E-state index contributed by atoms with van der Waals surface area (Å²) in [6.45, 7) is 7.95. The van der Waals surface area contributed by atoms with Gasteiger partial charge in [-0.1, -0.05) is 32.0 Å². The quantitative estimate of drug-likeness (QED) is 0.803. The first-order valence-corrected chi connectivity index (χ1v) is 8.70. The van der Waals surface area contributed by atoms with Gasteiger partial charge in [0.1, 0.15) is 11.4 Å². The highest BCUT2D eigenvalue weighted by Gasteiger charge is 2.39. The predicted molar refractivity (Wildman–Crippen MR) is 92.8 cm³/mol. The third-order valence-electron chi connectivity index (χ3n) is 4.46. The van der Waals surface area contributed by atoms with E-state index in [2.05, 4.69) is 19.2 Å². The van der Waals surface area contributed by atoms with Crippen LogP contribution in [0.1, 0.15) is 39.2 Å². The molecule has 1 amide bonds. The number of ether oxygens (including phenoxy) is 2. The Hall–Kier alpha value is -1.59. The van der Waals surface area contributed by atoms with Crippen molar-refractivity contribution in [3.05, 3.63) is 29.8 Å². The number of hydrogen-bond acceptors (Lipinski definition) is 4. The fourth-order valence-electron chi connectivity index (χ4n) is 2.85. The second-order valence-corrected chi connectivity index (χ2v) is 7.03. The molecule has 1 heterocycles. The molecule has 1 aromatic rings. The summed E-state index contributed by atoms with van der Waals surface area (Å²) >= 11 is 0. The van der Waals surface area contributed by atoms with Crippen LogP contribution >= 0.6 is 0 Å². The minimum atomic E-state index is -1.38. The number of carbonyl (C=O) groups excluding carboxylic acids is 1. The van der Waals surface area contributed by atoms with E-state index in [-0.39, 0.29) is 11.8 Å². The Kier molecular flexibility index (Phi) is 6.63. The highest BCUT2D eigenvalue weighted by atomic mass is 16.5. The van der Waals surface area contributed by atoms with Crippen molar-refractivity contribution in [3.63, 3.8) is 0 Å². The van der Waals surface area contributed by atoms with Gasteiger partial charge in [0.25, 0.3) is 5.91 Å². The molecule has 2 rings (SSSR count). The number of rotatable bonds is 7. The van der Waals surface area contributed by atoms with E-state index in [1.54, 1.807) is 6.92 Å². The van der Waals surface area contributed by atoms with Crippen molar-refractivity contribution in [2.24, 2.45) is 11.8 Å². The molecule has 0 radical (unpaired) electrons. The highest BCUT2D eigenvalue weighted by Crippen LogP contribution is 2.28. The average molecular weight is 335 g/mol. The molecule has 1 saturated heterocycles. The Morgan fingerprint density at radius 3 is 2.71 bits per heavy atom. The Balaban J connectivity index is 1.95. The maximum absolute atomic E-state index is 12.5. The van der Waals surface area contributed by atoms with Gasteiger partial charge in [-0.3, -0.25) is 4.79 Å². The van der Waals surface area contributed by atoms with Gasteiger partial charge in [-0.25, -0.2) is 0 Å². The molecular formula is C19H29NO4. The van der Waals surface area contributed by atoms with Crippen molar-refractivity contribution >= 4 is 5.91 Å². The van der Waals surface area contributed by atoms with E-state index in [0.717, 1.165) is 11.3 Å². The van der Waals surface area contributed by atoms with Crippen molar-refractivity contribution in [1.82, 2.24) is 5.32 Å². The molecule has 0 saturated carbocycles. The molecule has 0 spiro atoms. The molecule has 1 aliphatic heterocycles. The minimum absolute atomic E-state index is 0.0707.